The van der Waals surface area contributed by atoms with Crippen LogP contribution in [0.5, 0.6) is 5.75 Å². The monoisotopic (exact) mass is 281 g/mol. The van der Waals surface area contributed by atoms with Gasteiger partial charge in [-0.1, -0.05) is 6.07 Å². The molecule has 0 heterocycles. The fourth-order valence-electron chi connectivity index (χ4n) is 1.98. The van der Waals surface area contributed by atoms with Crippen LogP contribution in [0, 0.1) is 0 Å². The van der Waals surface area contributed by atoms with Crippen molar-refractivity contribution in [1.29, 1.82) is 0 Å². The van der Waals surface area contributed by atoms with Crippen LogP contribution in [0.25, 0.3) is 0 Å². The van der Waals surface area contributed by atoms with E-state index in [4.69, 9.17) is 9.47 Å². The van der Waals surface area contributed by atoms with E-state index in [0.717, 1.165) is 12.1 Å². The van der Waals surface area contributed by atoms with Crippen LogP contribution in [-0.2, 0) is 11.3 Å². The summed E-state index contributed by atoms with van der Waals surface area (Å²) in [5, 5.41) is 9.19. The van der Waals surface area contributed by atoms with E-state index in [-0.39, 0.29) is 5.56 Å². The maximum atomic E-state index is 11.2. The molecule has 112 valence electrons. The smallest absolute Gasteiger partial charge is 0.339 e. The second-order valence-electron chi connectivity index (χ2n) is 4.90. The summed E-state index contributed by atoms with van der Waals surface area (Å²) in [5.74, 6) is -0.592. The number of rotatable bonds is 8. The highest BCUT2D eigenvalue weighted by molar-refractivity contribution is 5.91. The predicted molar refractivity (Wildman–Crippen MR) is 77.4 cm³/mol. The summed E-state index contributed by atoms with van der Waals surface area (Å²) in [4.78, 5) is 13.4. The second kappa shape index (κ2) is 7.87. The lowest BCUT2D eigenvalue weighted by atomic mass is 10.1. The average molecular weight is 281 g/mol. The quantitative estimate of drug-likeness (QED) is 0.792. The largest absolute Gasteiger partial charge is 0.496 e. The number of carboxylic acids is 1. The predicted octanol–water partition coefficient (Wildman–Crippen LogP) is 2.25. The summed E-state index contributed by atoms with van der Waals surface area (Å²) in [6, 6.07) is 5.63. The highest BCUT2D eigenvalue weighted by Gasteiger charge is 2.14. The molecule has 1 aromatic rings. The van der Waals surface area contributed by atoms with Gasteiger partial charge in [-0.05, 0) is 31.5 Å². The first-order valence-corrected chi connectivity index (χ1v) is 6.62. The zero-order valence-electron chi connectivity index (χ0n) is 12.5. The van der Waals surface area contributed by atoms with Crippen molar-refractivity contribution in [1.82, 2.24) is 4.90 Å². The minimum atomic E-state index is -0.975. The molecular formula is C15H23NO4. The summed E-state index contributed by atoms with van der Waals surface area (Å²) >= 11 is 0. The van der Waals surface area contributed by atoms with Crippen molar-refractivity contribution in [3.05, 3.63) is 29.3 Å². The standard InChI is InChI=1S/C15H23NO4/c1-11(2)16(7-8-19-3)10-12-5-6-14(20-4)13(9-12)15(17)18/h5-6,9,11H,7-8,10H2,1-4H3,(H,17,18). The number of hydrogen-bond acceptors (Lipinski definition) is 4. The highest BCUT2D eigenvalue weighted by atomic mass is 16.5. The van der Waals surface area contributed by atoms with E-state index in [1.807, 2.05) is 6.07 Å². The van der Waals surface area contributed by atoms with E-state index < -0.39 is 5.97 Å². The van der Waals surface area contributed by atoms with Gasteiger partial charge in [-0.15, -0.1) is 0 Å². The number of ether oxygens (including phenoxy) is 2. The van der Waals surface area contributed by atoms with Crippen molar-refractivity contribution in [2.45, 2.75) is 26.4 Å². The van der Waals surface area contributed by atoms with E-state index >= 15 is 0 Å². The molecule has 0 aliphatic rings. The summed E-state index contributed by atoms with van der Waals surface area (Å²) in [6.45, 7) is 6.36. The number of carbonyl (C=O) groups is 1. The summed E-state index contributed by atoms with van der Waals surface area (Å²) < 4.78 is 10.2. The van der Waals surface area contributed by atoms with Crippen LogP contribution in [-0.4, -0.2) is 49.4 Å². The number of benzene rings is 1. The van der Waals surface area contributed by atoms with Gasteiger partial charge in [0.05, 0.1) is 13.7 Å². The van der Waals surface area contributed by atoms with Gasteiger partial charge in [0.1, 0.15) is 11.3 Å². The Morgan fingerprint density at radius 1 is 1.35 bits per heavy atom. The van der Waals surface area contributed by atoms with Crippen LogP contribution >= 0.6 is 0 Å². The van der Waals surface area contributed by atoms with Crippen LogP contribution in [0.4, 0.5) is 0 Å². The van der Waals surface area contributed by atoms with Gasteiger partial charge in [0.15, 0.2) is 0 Å². The molecule has 0 fully saturated rings. The van der Waals surface area contributed by atoms with E-state index in [1.165, 1.54) is 7.11 Å². The minimum absolute atomic E-state index is 0.195. The van der Waals surface area contributed by atoms with E-state index in [2.05, 4.69) is 18.7 Å². The van der Waals surface area contributed by atoms with Gasteiger partial charge in [-0.25, -0.2) is 4.79 Å². The van der Waals surface area contributed by atoms with Crippen molar-refractivity contribution >= 4 is 5.97 Å². The Kier molecular flexibility index (Phi) is 6.48. The Hall–Kier alpha value is -1.59. The van der Waals surface area contributed by atoms with Gasteiger partial charge < -0.3 is 14.6 Å². The van der Waals surface area contributed by atoms with Crippen LogP contribution in [0.3, 0.4) is 0 Å². The Balaban J connectivity index is 2.90. The Morgan fingerprint density at radius 2 is 2.05 bits per heavy atom. The van der Waals surface area contributed by atoms with Crippen molar-refractivity contribution in [2.24, 2.45) is 0 Å². The molecule has 0 atom stereocenters. The zero-order chi connectivity index (χ0) is 15.1. The Morgan fingerprint density at radius 3 is 2.55 bits per heavy atom. The molecule has 20 heavy (non-hydrogen) atoms. The van der Waals surface area contributed by atoms with Crippen molar-refractivity contribution < 1.29 is 19.4 Å². The first kappa shape index (κ1) is 16.5. The third-order valence-electron chi connectivity index (χ3n) is 3.19. The molecule has 5 nitrogen and oxygen atoms in total. The Bertz CT molecular complexity index is 445. The lowest BCUT2D eigenvalue weighted by Gasteiger charge is -2.26. The molecule has 0 bridgehead atoms. The topological polar surface area (TPSA) is 59.0 Å². The first-order chi connectivity index (χ1) is 9.49. The van der Waals surface area contributed by atoms with Crippen molar-refractivity contribution in [2.75, 3.05) is 27.4 Å². The third kappa shape index (κ3) is 4.51. The first-order valence-electron chi connectivity index (χ1n) is 6.62. The second-order valence-corrected chi connectivity index (χ2v) is 4.90. The fraction of sp³-hybridized carbons (Fsp3) is 0.533. The Labute approximate surface area is 120 Å². The summed E-state index contributed by atoms with van der Waals surface area (Å²) in [7, 11) is 3.15. The highest BCUT2D eigenvalue weighted by Crippen LogP contribution is 2.21. The molecule has 0 aliphatic carbocycles. The van der Waals surface area contributed by atoms with Crippen LogP contribution < -0.4 is 4.74 Å². The molecule has 0 spiro atoms. The maximum Gasteiger partial charge on any atom is 0.339 e. The molecule has 0 amide bonds. The number of methoxy groups -OCH3 is 2. The van der Waals surface area contributed by atoms with Crippen molar-refractivity contribution in [3.63, 3.8) is 0 Å². The van der Waals surface area contributed by atoms with E-state index in [0.29, 0.717) is 24.9 Å². The summed E-state index contributed by atoms with van der Waals surface area (Å²) in [5.41, 5.74) is 1.15. The maximum absolute atomic E-state index is 11.2. The zero-order valence-corrected chi connectivity index (χ0v) is 12.5. The van der Waals surface area contributed by atoms with Crippen molar-refractivity contribution in [3.8, 4) is 5.75 Å². The van der Waals surface area contributed by atoms with Gasteiger partial charge in [0.25, 0.3) is 0 Å². The van der Waals surface area contributed by atoms with Crippen LogP contribution in [0.15, 0.2) is 18.2 Å². The third-order valence-corrected chi connectivity index (χ3v) is 3.19. The molecular weight excluding hydrogens is 258 g/mol. The van der Waals surface area contributed by atoms with Gasteiger partial charge in [0, 0.05) is 26.2 Å². The number of hydrogen-bond donors (Lipinski definition) is 1. The molecule has 0 saturated heterocycles. The van der Waals surface area contributed by atoms with Gasteiger partial charge >= 0.3 is 5.97 Å². The lowest BCUT2D eigenvalue weighted by Crippen LogP contribution is -2.33. The minimum Gasteiger partial charge on any atom is -0.496 e. The fourth-order valence-corrected chi connectivity index (χ4v) is 1.98. The van der Waals surface area contributed by atoms with Gasteiger partial charge in [-0.2, -0.15) is 0 Å². The van der Waals surface area contributed by atoms with Crippen LogP contribution in [0.2, 0.25) is 0 Å². The molecule has 0 radical (unpaired) electrons. The molecule has 0 saturated carbocycles. The van der Waals surface area contributed by atoms with Crippen LogP contribution in [0.1, 0.15) is 29.8 Å². The molecule has 1 N–H and O–H groups in total. The van der Waals surface area contributed by atoms with E-state index in [1.54, 1.807) is 19.2 Å². The molecule has 0 unspecified atom stereocenters. The van der Waals surface area contributed by atoms with Gasteiger partial charge in [-0.3, -0.25) is 4.90 Å². The van der Waals surface area contributed by atoms with Gasteiger partial charge in [0.2, 0.25) is 0 Å². The number of carboxylic acid groups (broad SMARTS) is 1. The summed E-state index contributed by atoms with van der Waals surface area (Å²) in [6.07, 6.45) is 0. The molecule has 1 rings (SSSR count). The molecule has 0 aliphatic heterocycles. The van der Waals surface area contributed by atoms with E-state index in [9.17, 15) is 9.90 Å². The number of aromatic carboxylic acids is 1. The average Bonchev–Trinajstić information content (AvgIpc) is 2.42. The molecule has 5 heteroatoms. The lowest BCUT2D eigenvalue weighted by molar-refractivity contribution is 0.0693. The molecule has 0 aromatic heterocycles. The SMILES string of the molecule is COCCN(Cc1ccc(OC)c(C(=O)O)c1)C(C)C. The number of nitrogens with zero attached hydrogens (tertiary/aromatic N) is 1. The normalized spacial score (nSPS) is 11.1. The molecule has 1 aromatic carbocycles.